The van der Waals surface area contributed by atoms with Gasteiger partial charge in [0.1, 0.15) is 6.61 Å². The molecule has 3 aromatic rings. The Bertz CT molecular complexity index is 1300. The second-order valence-corrected chi connectivity index (χ2v) is 11.1. The number of hydrogen-bond acceptors (Lipinski definition) is 6. The molecule has 1 aliphatic rings. The molecule has 2 aromatic heterocycles. The van der Waals surface area contributed by atoms with Crippen LogP contribution in [-0.4, -0.2) is 35.0 Å². The Balaban J connectivity index is 1.52. The lowest BCUT2D eigenvalue weighted by molar-refractivity contribution is 0.255. The van der Waals surface area contributed by atoms with Gasteiger partial charge >= 0.3 is 0 Å². The summed E-state index contributed by atoms with van der Waals surface area (Å²) >= 11 is 1.72. The summed E-state index contributed by atoms with van der Waals surface area (Å²) in [4.78, 5) is 16.1. The summed E-state index contributed by atoms with van der Waals surface area (Å²) in [6.07, 6.45) is 5.96. The first-order valence-electron chi connectivity index (χ1n) is 11.8. The van der Waals surface area contributed by atoms with Crippen molar-refractivity contribution < 1.29 is 4.74 Å². The van der Waals surface area contributed by atoms with Crippen molar-refractivity contribution in [3.63, 3.8) is 0 Å². The first kappa shape index (κ1) is 24.7. The fourth-order valence-corrected chi connectivity index (χ4v) is 4.94. The number of aromatic nitrogens is 2. The Kier molecular flexibility index (Phi) is 7.40. The molecule has 0 radical (unpaired) electrons. The fraction of sp³-hybridized carbons (Fsp3) is 0.393. The number of ether oxygens (including phenoxy) is 1. The number of nitrogens with zero attached hydrogens (tertiary/aromatic N) is 4. The van der Waals surface area contributed by atoms with E-state index in [0.29, 0.717) is 23.2 Å². The van der Waals surface area contributed by atoms with Gasteiger partial charge in [-0.1, -0.05) is 30.0 Å². The maximum Gasteiger partial charge on any atom is 0.193 e. The van der Waals surface area contributed by atoms with Crippen molar-refractivity contribution in [3.8, 4) is 28.0 Å². The van der Waals surface area contributed by atoms with Crippen molar-refractivity contribution in [2.75, 3.05) is 25.9 Å². The summed E-state index contributed by atoms with van der Waals surface area (Å²) in [5.41, 5.74) is 9.13. The topological polar surface area (TPSA) is 68.6 Å². The SMILES string of the molecule is [C-]#[N+]c1ccc(C#CC(C)(C)C)cc1COc1cc(-c2cnc(C3CCN(C)CC3)s2)cnc1N. The van der Waals surface area contributed by atoms with E-state index in [2.05, 4.69) is 54.4 Å². The van der Waals surface area contributed by atoms with E-state index in [-0.39, 0.29) is 12.0 Å². The minimum atomic E-state index is -0.0977. The molecule has 180 valence electrons. The van der Waals surface area contributed by atoms with Crippen LogP contribution in [0.2, 0.25) is 0 Å². The Labute approximate surface area is 212 Å². The van der Waals surface area contributed by atoms with Crippen molar-refractivity contribution >= 4 is 22.8 Å². The van der Waals surface area contributed by atoms with Gasteiger partial charge in [-0.25, -0.2) is 14.8 Å². The lowest BCUT2D eigenvalue weighted by Crippen LogP contribution is -2.29. The molecule has 35 heavy (non-hydrogen) atoms. The molecular formula is C28H31N5OS. The molecule has 2 N–H and O–H groups in total. The van der Waals surface area contributed by atoms with Crippen LogP contribution in [0.1, 0.15) is 55.7 Å². The second kappa shape index (κ2) is 10.5. The Morgan fingerprint density at radius 2 is 1.97 bits per heavy atom. The van der Waals surface area contributed by atoms with Gasteiger partial charge in [-0.3, -0.25) is 0 Å². The molecule has 0 amide bonds. The summed E-state index contributed by atoms with van der Waals surface area (Å²) < 4.78 is 6.06. The van der Waals surface area contributed by atoms with Gasteiger partial charge in [-0.05, 0) is 65.4 Å². The average molecular weight is 486 g/mol. The van der Waals surface area contributed by atoms with Crippen molar-refractivity contribution in [2.45, 2.75) is 46.1 Å². The maximum atomic E-state index is 7.51. The number of anilines is 1. The Morgan fingerprint density at radius 3 is 2.69 bits per heavy atom. The van der Waals surface area contributed by atoms with Gasteiger partial charge in [0.25, 0.3) is 0 Å². The molecule has 0 saturated carbocycles. The molecule has 3 heterocycles. The van der Waals surface area contributed by atoms with E-state index in [9.17, 15) is 0 Å². The highest BCUT2D eigenvalue weighted by Crippen LogP contribution is 2.36. The van der Waals surface area contributed by atoms with Gasteiger partial charge in [0, 0.05) is 34.9 Å². The molecule has 1 saturated heterocycles. The number of hydrogen-bond donors (Lipinski definition) is 1. The number of rotatable bonds is 5. The number of piperidine rings is 1. The van der Waals surface area contributed by atoms with Crippen LogP contribution in [0.5, 0.6) is 5.75 Å². The predicted octanol–water partition coefficient (Wildman–Crippen LogP) is 6.12. The van der Waals surface area contributed by atoms with E-state index in [4.69, 9.17) is 22.0 Å². The fourth-order valence-electron chi connectivity index (χ4n) is 3.87. The minimum absolute atomic E-state index is 0.0977. The van der Waals surface area contributed by atoms with Crippen LogP contribution in [0.3, 0.4) is 0 Å². The molecule has 0 aliphatic carbocycles. The number of thiazole rings is 1. The third-order valence-corrected chi connectivity index (χ3v) is 7.13. The minimum Gasteiger partial charge on any atom is -0.486 e. The van der Waals surface area contributed by atoms with Crippen LogP contribution in [0, 0.1) is 23.8 Å². The van der Waals surface area contributed by atoms with Crippen LogP contribution >= 0.6 is 11.3 Å². The quantitative estimate of drug-likeness (QED) is 0.348. The van der Waals surface area contributed by atoms with Gasteiger partial charge < -0.3 is 15.4 Å². The van der Waals surface area contributed by atoms with E-state index in [1.807, 2.05) is 24.4 Å². The molecule has 0 atom stereocenters. The van der Waals surface area contributed by atoms with Crippen molar-refractivity contribution in [3.05, 3.63) is 64.2 Å². The second-order valence-electron chi connectivity index (χ2n) is 9.99. The molecule has 1 aromatic carbocycles. The molecule has 4 rings (SSSR count). The normalized spacial score (nSPS) is 14.7. The van der Waals surface area contributed by atoms with Gasteiger partial charge in [0.05, 0.1) is 16.5 Å². The van der Waals surface area contributed by atoms with Crippen molar-refractivity contribution in [1.82, 2.24) is 14.9 Å². The lowest BCUT2D eigenvalue weighted by atomic mass is 9.97. The molecular weight excluding hydrogens is 454 g/mol. The van der Waals surface area contributed by atoms with Gasteiger partial charge in [-0.15, -0.1) is 11.3 Å². The van der Waals surface area contributed by atoms with Crippen LogP contribution < -0.4 is 10.5 Å². The van der Waals surface area contributed by atoms with E-state index in [0.717, 1.165) is 47.5 Å². The number of pyridine rings is 1. The highest BCUT2D eigenvalue weighted by Gasteiger charge is 2.21. The van der Waals surface area contributed by atoms with Crippen LogP contribution in [-0.2, 0) is 6.61 Å². The van der Waals surface area contributed by atoms with Gasteiger partial charge in [-0.2, -0.15) is 0 Å². The molecule has 0 bridgehead atoms. The third kappa shape index (κ3) is 6.39. The average Bonchev–Trinajstić information content (AvgIpc) is 3.32. The van der Waals surface area contributed by atoms with Crippen LogP contribution in [0.15, 0.2) is 36.7 Å². The zero-order valence-electron chi connectivity index (χ0n) is 20.8. The van der Waals surface area contributed by atoms with E-state index < -0.39 is 0 Å². The molecule has 1 aliphatic heterocycles. The van der Waals surface area contributed by atoms with Crippen LogP contribution in [0.4, 0.5) is 11.5 Å². The van der Waals surface area contributed by atoms with Gasteiger partial charge in [0.15, 0.2) is 17.3 Å². The standard InChI is InChI=1S/C28H31N5OS/c1-28(2,3)11-8-19-6-7-23(30-4)22(14-19)18-34-24-15-21(16-31-26(24)29)25-17-32-27(35-25)20-9-12-33(5)13-10-20/h6-7,14-17,20H,9-10,12-13,18H2,1-3,5H3,(H2,29,31). The first-order valence-corrected chi connectivity index (χ1v) is 12.6. The zero-order valence-corrected chi connectivity index (χ0v) is 21.6. The number of nitrogen functional groups attached to an aromatic ring is 1. The van der Waals surface area contributed by atoms with Crippen molar-refractivity contribution in [2.24, 2.45) is 5.41 Å². The zero-order chi connectivity index (χ0) is 25.0. The number of benzene rings is 1. The van der Waals surface area contributed by atoms with E-state index >= 15 is 0 Å². The van der Waals surface area contributed by atoms with E-state index in [1.54, 1.807) is 23.6 Å². The first-order chi connectivity index (χ1) is 16.7. The molecule has 7 heteroatoms. The number of likely N-dealkylation sites (tertiary alicyclic amines) is 1. The highest BCUT2D eigenvalue weighted by atomic mass is 32.1. The third-order valence-electron chi connectivity index (χ3n) is 5.92. The smallest absolute Gasteiger partial charge is 0.193 e. The monoisotopic (exact) mass is 485 g/mol. The summed E-state index contributed by atoms with van der Waals surface area (Å²) in [6.45, 7) is 16.1. The highest BCUT2D eigenvalue weighted by molar-refractivity contribution is 7.15. The maximum absolute atomic E-state index is 7.51. The Hall–Kier alpha value is -3.39. The van der Waals surface area contributed by atoms with Gasteiger partial charge in [0.2, 0.25) is 0 Å². The summed E-state index contributed by atoms with van der Waals surface area (Å²) in [7, 11) is 2.17. The number of nitrogens with two attached hydrogens (primary N) is 1. The summed E-state index contributed by atoms with van der Waals surface area (Å²) in [5.74, 6) is 7.77. The lowest BCUT2D eigenvalue weighted by Gasteiger charge is -2.27. The molecule has 1 fully saturated rings. The Morgan fingerprint density at radius 1 is 1.20 bits per heavy atom. The molecule has 0 spiro atoms. The summed E-state index contributed by atoms with van der Waals surface area (Å²) in [6, 6.07) is 7.49. The van der Waals surface area contributed by atoms with Crippen molar-refractivity contribution in [1.29, 1.82) is 0 Å². The molecule has 0 unspecified atom stereocenters. The molecule has 6 nitrogen and oxygen atoms in total. The largest absolute Gasteiger partial charge is 0.486 e. The van der Waals surface area contributed by atoms with Crippen LogP contribution in [0.25, 0.3) is 15.3 Å². The summed E-state index contributed by atoms with van der Waals surface area (Å²) in [5, 5.41) is 1.18. The van der Waals surface area contributed by atoms with E-state index in [1.165, 1.54) is 5.01 Å². The predicted molar refractivity (Wildman–Crippen MR) is 143 cm³/mol.